The number of rotatable bonds is 6. The first-order chi connectivity index (χ1) is 9.24. The van der Waals surface area contributed by atoms with E-state index in [0.29, 0.717) is 12.5 Å². The lowest BCUT2D eigenvalue weighted by Gasteiger charge is -2.10. The molecule has 1 aliphatic heterocycles. The van der Waals surface area contributed by atoms with Crippen molar-refractivity contribution >= 4 is 21.8 Å². The quantitative estimate of drug-likeness (QED) is 0.872. The number of hydrogen-bond acceptors (Lipinski definition) is 2. The van der Waals surface area contributed by atoms with Crippen molar-refractivity contribution in [3.63, 3.8) is 0 Å². The van der Waals surface area contributed by atoms with Crippen LogP contribution in [0.1, 0.15) is 31.2 Å². The summed E-state index contributed by atoms with van der Waals surface area (Å²) in [6.07, 6.45) is 4.92. The van der Waals surface area contributed by atoms with Crippen molar-refractivity contribution in [3.8, 4) is 0 Å². The number of carbonyl (C=O) groups excluding carboxylic acids is 1. The highest BCUT2D eigenvalue weighted by atomic mass is 79.9. The SMILES string of the molecule is O=C(CCc1ccc(Br)cc1)NCCC1CCCO1. The van der Waals surface area contributed by atoms with Gasteiger partial charge in [-0.3, -0.25) is 4.79 Å². The molecule has 104 valence electrons. The largest absolute Gasteiger partial charge is 0.378 e. The average Bonchev–Trinajstić information content (AvgIpc) is 2.91. The van der Waals surface area contributed by atoms with Gasteiger partial charge in [-0.15, -0.1) is 0 Å². The molecule has 19 heavy (non-hydrogen) atoms. The second-order valence-corrected chi connectivity index (χ2v) is 5.82. The molecule has 1 N–H and O–H groups in total. The number of carbonyl (C=O) groups is 1. The van der Waals surface area contributed by atoms with E-state index in [1.165, 1.54) is 5.56 Å². The Kier molecular flexibility index (Phi) is 5.86. The van der Waals surface area contributed by atoms with Gasteiger partial charge in [0.15, 0.2) is 0 Å². The first-order valence-electron chi connectivity index (χ1n) is 6.87. The Balaban J connectivity index is 1.60. The molecule has 1 aromatic carbocycles. The van der Waals surface area contributed by atoms with Crippen LogP contribution >= 0.6 is 15.9 Å². The molecule has 0 bridgehead atoms. The molecule has 0 saturated carbocycles. The second kappa shape index (κ2) is 7.65. The third-order valence-corrected chi connectivity index (χ3v) is 3.90. The zero-order chi connectivity index (χ0) is 13.5. The van der Waals surface area contributed by atoms with Crippen LogP contribution < -0.4 is 5.32 Å². The summed E-state index contributed by atoms with van der Waals surface area (Å²) in [6, 6.07) is 8.10. The van der Waals surface area contributed by atoms with Gasteiger partial charge in [0, 0.05) is 24.0 Å². The number of nitrogens with one attached hydrogen (secondary N) is 1. The van der Waals surface area contributed by atoms with Crippen molar-refractivity contribution in [1.82, 2.24) is 5.32 Å². The van der Waals surface area contributed by atoms with Crippen LogP contribution in [0.3, 0.4) is 0 Å². The fourth-order valence-corrected chi connectivity index (χ4v) is 2.51. The molecule has 1 aliphatic rings. The van der Waals surface area contributed by atoms with Crippen molar-refractivity contribution in [3.05, 3.63) is 34.3 Å². The van der Waals surface area contributed by atoms with Gasteiger partial charge < -0.3 is 10.1 Å². The lowest BCUT2D eigenvalue weighted by molar-refractivity contribution is -0.121. The zero-order valence-electron chi connectivity index (χ0n) is 11.0. The molecular weight excluding hydrogens is 306 g/mol. The lowest BCUT2D eigenvalue weighted by atomic mass is 10.1. The normalized spacial score (nSPS) is 18.5. The maximum absolute atomic E-state index is 11.7. The predicted molar refractivity (Wildman–Crippen MR) is 79.1 cm³/mol. The molecule has 0 aliphatic carbocycles. The number of ether oxygens (including phenoxy) is 1. The molecule has 1 heterocycles. The van der Waals surface area contributed by atoms with Gasteiger partial charge in [-0.25, -0.2) is 0 Å². The Morgan fingerprint density at radius 3 is 2.84 bits per heavy atom. The van der Waals surface area contributed by atoms with Gasteiger partial charge in [0.1, 0.15) is 0 Å². The van der Waals surface area contributed by atoms with E-state index in [9.17, 15) is 4.79 Å². The number of aryl methyl sites for hydroxylation is 1. The van der Waals surface area contributed by atoms with E-state index in [1.54, 1.807) is 0 Å². The predicted octanol–water partition coefficient (Wildman–Crippen LogP) is 3.07. The molecular formula is C15H20BrNO2. The lowest BCUT2D eigenvalue weighted by Crippen LogP contribution is -2.27. The second-order valence-electron chi connectivity index (χ2n) is 4.90. The summed E-state index contributed by atoms with van der Waals surface area (Å²) in [4.78, 5) is 11.7. The number of benzene rings is 1. The van der Waals surface area contributed by atoms with Crippen LogP contribution in [0, 0.1) is 0 Å². The molecule has 1 aromatic rings. The minimum absolute atomic E-state index is 0.126. The molecule has 0 radical (unpaired) electrons. The standard InChI is InChI=1S/C15H20BrNO2/c16-13-6-3-12(4-7-13)5-8-15(18)17-10-9-14-2-1-11-19-14/h3-4,6-7,14H,1-2,5,8-11H2,(H,17,18). The van der Waals surface area contributed by atoms with Crippen LogP contribution in [0.4, 0.5) is 0 Å². The Hall–Kier alpha value is -0.870. The van der Waals surface area contributed by atoms with E-state index >= 15 is 0 Å². The van der Waals surface area contributed by atoms with Gasteiger partial charge in [0.25, 0.3) is 0 Å². The molecule has 0 spiro atoms. The number of halogens is 1. The van der Waals surface area contributed by atoms with E-state index in [0.717, 1.165) is 43.3 Å². The van der Waals surface area contributed by atoms with Gasteiger partial charge in [-0.1, -0.05) is 28.1 Å². The minimum atomic E-state index is 0.126. The van der Waals surface area contributed by atoms with Crippen molar-refractivity contribution < 1.29 is 9.53 Å². The molecule has 1 atom stereocenters. The zero-order valence-corrected chi connectivity index (χ0v) is 12.6. The van der Waals surface area contributed by atoms with Gasteiger partial charge in [-0.05, 0) is 43.4 Å². The maximum atomic E-state index is 11.7. The van der Waals surface area contributed by atoms with Crippen LogP contribution in [-0.2, 0) is 16.0 Å². The van der Waals surface area contributed by atoms with E-state index in [4.69, 9.17) is 4.74 Å². The number of amides is 1. The monoisotopic (exact) mass is 325 g/mol. The third kappa shape index (κ3) is 5.33. The van der Waals surface area contributed by atoms with E-state index in [1.807, 2.05) is 24.3 Å². The van der Waals surface area contributed by atoms with E-state index < -0.39 is 0 Å². The minimum Gasteiger partial charge on any atom is -0.378 e. The molecule has 4 heteroatoms. The maximum Gasteiger partial charge on any atom is 0.220 e. The molecule has 3 nitrogen and oxygen atoms in total. The van der Waals surface area contributed by atoms with Crippen LogP contribution in [0.25, 0.3) is 0 Å². The molecule has 0 aromatic heterocycles. The number of hydrogen-bond donors (Lipinski definition) is 1. The van der Waals surface area contributed by atoms with E-state index in [2.05, 4.69) is 21.2 Å². The van der Waals surface area contributed by atoms with E-state index in [-0.39, 0.29) is 5.91 Å². The van der Waals surface area contributed by atoms with Gasteiger partial charge in [-0.2, -0.15) is 0 Å². The van der Waals surface area contributed by atoms with Crippen molar-refractivity contribution in [2.24, 2.45) is 0 Å². The van der Waals surface area contributed by atoms with Gasteiger partial charge in [0.2, 0.25) is 5.91 Å². The summed E-state index contributed by atoms with van der Waals surface area (Å²) < 4.78 is 6.59. The third-order valence-electron chi connectivity index (χ3n) is 3.37. The first-order valence-corrected chi connectivity index (χ1v) is 7.66. The Morgan fingerprint density at radius 1 is 1.37 bits per heavy atom. The van der Waals surface area contributed by atoms with Crippen molar-refractivity contribution in [2.75, 3.05) is 13.2 Å². The fourth-order valence-electron chi connectivity index (χ4n) is 2.24. The Morgan fingerprint density at radius 2 is 2.16 bits per heavy atom. The summed E-state index contributed by atoms with van der Waals surface area (Å²) in [5.41, 5.74) is 1.19. The summed E-state index contributed by atoms with van der Waals surface area (Å²) in [7, 11) is 0. The molecule has 1 saturated heterocycles. The topological polar surface area (TPSA) is 38.3 Å². The molecule has 1 amide bonds. The first kappa shape index (κ1) is 14.5. The van der Waals surface area contributed by atoms with Crippen LogP contribution in [0.5, 0.6) is 0 Å². The van der Waals surface area contributed by atoms with Crippen molar-refractivity contribution in [1.29, 1.82) is 0 Å². The Labute approximate surface area is 122 Å². The summed E-state index contributed by atoms with van der Waals surface area (Å²) in [5, 5.41) is 2.96. The fraction of sp³-hybridized carbons (Fsp3) is 0.533. The molecule has 1 unspecified atom stereocenters. The van der Waals surface area contributed by atoms with Gasteiger partial charge >= 0.3 is 0 Å². The Bertz CT molecular complexity index is 399. The molecule has 1 fully saturated rings. The highest BCUT2D eigenvalue weighted by Gasteiger charge is 2.14. The van der Waals surface area contributed by atoms with Crippen LogP contribution in [-0.4, -0.2) is 25.2 Å². The van der Waals surface area contributed by atoms with Crippen molar-refractivity contribution in [2.45, 2.75) is 38.2 Å². The summed E-state index contributed by atoms with van der Waals surface area (Å²) in [5.74, 6) is 0.126. The van der Waals surface area contributed by atoms with Crippen LogP contribution in [0.15, 0.2) is 28.7 Å². The van der Waals surface area contributed by atoms with Gasteiger partial charge in [0.05, 0.1) is 6.10 Å². The smallest absolute Gasteiger partial charge is 0.220 e. The summed E-state index contributed by atoms with van der Waals surface area (Å²) in [6.45, 7) is 1.60. The highest BCUT2D eigenvalue weighted by molar-refractivity contribution is 9.10. The highest BCUT2D eigenvalue weighted by Crippen LogP contribution is 2.14. The average molecular weight is 326 g/mol. The van der Waals surface area contributed by atoms with Crippen LogP contribution in [0.2, 0.25) is 0 Å². The summed E-state index contributed by atoms with van der Waals surface area (Å²) >= 11 is 3.40. The molecule has 2 rings (SSSR count).